The van der Waals surface area contributed by atoms with Gasteiger partial charge in [0.25, 0.3) is 11.8 Å². The topological polar surface area (TPSA) is 69.7 Å². The van der Waals surface area contributed by atoms with Crippen molar-refractivity contribution in [3.63, 3.8) is 0 Å². The number of aryl methyl sites for hydroxylation is 2. The number of amides is 4. The summed E-state index contributed by atoms with van der Waals surface area (Å²) in [4.78, 5) is 41.2. The van der Waals surface area contributed by atoms with Crippen molar-refractivity contribution in [1.82, 2.24) is 15.1 Å². The van der Waals surface area contributed by atoms with E-state index in [0.29, 0.717) is 18.5 Å². The van der Waals surface area contributed by atoms with E-state index in [1.165, 1.54) is 4.90 Å². The Labute approximate surface area is 164 Å². The second-order valence-corrected chi connectivity index (χ2v) is 7.73. The highest BCUT2D eigenvalue weighted by Gasteiger charge is 2.55. The first kappa shape index (κ1) is 18.2. The fourth-order valence-electron chi connectivity index (χ4n) is 3.83. The van der Waals surface area contributed by atoms with Crippen LogP contribution >= 0.6 is 0 Å². The summed E-state index contributed by atoms with van der Waals surface area (Å²) >= 11 is 0. The molecule has 1 N–H and O–H groups in total. The van der Waals surface area contributed by atoms with E-state index in [9.17, 15) is 14.4 Å². The van der Waals surface area contributed by atoms with Crippen molar-refractivity contribution in [2.75, 3.05) is 13.1 Å². The first-order valence-electron chi connectivity index (χ1n) is 9.44. The van der Waals surface area contributed by atoms with Gasteiger partial charge in [-0.15, -0.1) is 0 Å². The van der Waals surface area contributed by atoms with E-state index < -0.39 is 11.6 Å². The third-order valence-electron chi connectivity index (χ3n) is 5.56. The largest absolute Gasteiger partial charge is 0.336 e. The van der Waals surface area contributed by atoms with E-state index >= 15 is 0 Å². The Morgan fingerprint density at radius 3 is 2.25 bits per heavy atom. The molecule has 0 bridgehead atoms. The van der Waals surface area contributed by atoms with Crippen LogP contribution in [0.3, 0.4) is 0 Å². The zero-order valence-electron chi connectivity index (χ0n) is 16.1. The lowest BCUT2D eigenvalue weighted by molar-refractivity contribution is -0.131. The van der Waals surface area contributed by atoms with Crippen molar-refractivity contribution < 1.29 is 14.4 Å². The number of hydrogen-bond donors (Lipinski definition) is 1. The molecule has 1 unspecified atom stereocenters. The van der Waals surface area contributed by atoms with Crippen LogP contribution in [-0.2, 0) is 11.3 Å². The van der Waals surface area contributed by atoms with Gasteiger partial charge in [0.15, 0.2) is 0 Å². The Kier molecular flexibility index (Phi) is 4.41. The van der Waals surface area contributed by atoms with E-state index in [4.69, 9.17) is 0 Å². The molecule has 0 aromatic heterocycles. The Hall–Kier alpha value is -3.15. The predicted molar refractivity (Wildman–Crippen MR) is 105 cm³/mol. The molecule has 0 saturated carbocycles. The molecular formula is C22H23N3O3. The van der Waals surface area contributed by atoms with Crippen LogP contribution in [0.4, 0.5) is 4.79 Å². The molecule has 0 radical (unpaired) electrons. The highest BCUT2D eigenvalue weighted by Crippen LogP contribution is 2.30. The summed E-state index contributed by atoms with van der Waals surface area (Å²) in [5.74, 6) is -0.367. The lowest BCUT2D eigenvalue weighted by Crippen LogP contribution is -2.49. The van der Waals surface area contributed by atoms with E-state index in [1.54, 1.807) is 17.0 Å². The van der Waals surface area contributed by atoms with Gasteiger partial charge < -0.3 is 10.2 Å². The smallest absolute Gasteiger partial charge is 0.325 e. The standard InChI is InChI=1S/C22H23N3O3/c1-15-3-7-17(8-4-15)13-25-20(27)22(23-21(25)28)11-12-24(14-22)19(26)18-9-5-16(2)6-10-18/h3-10H,11-14H2,1-2H3,(H,23,28). The van der Waals surface area contributed by atoms with Gasteiger partial charge in [-0.25, -0.2) is 4.79 Å². The van der Waals surface area contributed by atoms with E-state index in [1.807, 2.05) is 50.2 Å². The van der Waals surface area contributed by atoms with Gasteiger partial charge >= 0.3 is 6.03 Å². The van der Waals surface area contributed by atoms with Gasteiger partial charge in [-0.2, -0.15) is 0 Å². The van der Waals surface area contributed by atoms with E-state index in [2.05, 4.69) is 5.32 Å². The number of benzene rings is 2. The molecule has 2 aliphatic heterocycles. The second kappa shape index (κ2) is 6.78. The minimum atomic E-state index is -1.01. The lowest BCUT2D eigenvalue weighted by atomic mass is 9.99. The minimum Gasteiger partial charge on any atom is -0.336 e. The van der Waals surface area contributed by atoms with Crippen LogP contribution in [0.15, 0.2) is 48.5 Å². The first-order chi connectivity index (χ1) is 13.4. The third-order valence-corrected chi connectivity index (χ3v) is 5.56. The molecule has 6 nitrogen and oxygen atoms in total. The molecule has 2 fully saturated rings. The van der Waals surface area contributed by atoms with Crippen LogP contribution in [0.25, 0.3) is 0 Å². The van der Waals surface area contributed by atoms with Gasteiger partial charge in [0, 0.05) is 12.1 Å². The van der Waals surface area contributed by atoms with Crippen molar-refractivity contribution in [2.45, 2.75) is 32.4 Å². The van der Waals surface area contributed by atoms with Crippen molar-refractivity contribution in [2.24, 2.45) is 0 Å². The maximum atomic E-state index is 13.1. The van der Waals surface area contributed by atoms with Crippen LogP contribution < -0.4 is 5.32 Å². The predicted octanol–water partition coefficient (Wildman–Crippen LogP) is 2.64. The molecule has 1 atom stereocenters. The molecule has 2 aromatic rings. The van der Waals surface area contributed by atoms with E-state index in [-0.39, 0.29) is 24.9 Å². The summed E-state index contributed by atoms with van der Waals surface area (Å²) < 4.78 is 0. The van der Waals surface area contributed by atoms with Crippen LogP contribution in [0, 0.1) is 13.8 Å². The number of nitrogens with one attached hydrogen (secondary N) is 1. The second-order valence-electron chi connectivity index (χ2n) is 7.73. The highest BCUT2D eigenvalue weighted by atomic mass is 16.2. The molecule has 2 saturated heterocycles. The van der Waals surface area contributed by atoms with E-state index in [0.717, 1.165) is 16.7 Å². The van der Waals surface area contributed by atoms with Gasteiger partial charge in [-0.05, 0) is 38.0 Å². The molecule has 1 spiro atoms. The number of nitrogens with zero attached hydrogens (tertiary/aromatic N) is 2. The van der Waals surface area contributed by atoms with Gasteiger partial charge in [0.2, 0.25) is 0 Å². The van der Waals surface area contributed by atoms with Crippen LogP contribution in [0.1, 0.15) is 33.5 Å². The number of rotatable bonds is 3. The molecule has 0 aliphatic carbocycles. The normalized spacial score (nSPS) is 21.5. The minimum absolute atomic E-state index is 0.115. The molecule has 4 rings (SSSR count). The fraction of sp³-hybridized carbons (Fsp3) is 0.318. The first-order valence-corrected chi connectivity index (χ1v) is 9.44. The quantitative estimate of drug-likeness (QED) is 0.836. The average molecular weight is 377 g/mol. The molecule has 2 aliphatic rings. The van der Waals surface area contributed by atoms with Crippen LogP contribution in [-0.4, -0.2) is 46.3 Å². The maximum Gasteiger partial charge on any atom is 0.325 e. The Morgan fingerprint density at radius 1 is 1.00 bits per heavy atom. The number of hydrogen-bond acceptors (Lipinski definition) is 3. The van der Waals surface area contributed by atoms with Gasteiger partial charge in [-0.1, -0.05) is 47.5 Å². The summed E-state index contributed by atoms with van der Waals surface area (Å²) in [6.45, 7) is 4.84. The van der Waals surface area contributed by atoms with Crippen molar-refractivity contribution in [3.8, 4) is 0 Å². The fourth-order valence-corrected chi connectivity index (χ4v) is 3.83. The summed E-state index contributed by atoms with van der Waals surface area (Å²) in [5.41, 5.74) is 2.69. The third kappa shape index (κ3) is 3.15. The number of carbonyl (C=O) groups is 3. The molecule has 2 heterocycles. The maximum absolute atomic E-state index is 13.1. The highest BCUT2D eigenvalue weighted by molar-refractivity contribution is 6.08. The van der Waals surface area contributed by atoms with Gasteiger partial charge in [0.05, 0.1) is 13.1 Å². The molecule has 6 heteroatoms. The summed E-state index contributed by atoms with van der Waals surface area (Å²) in [6.07, 6.45) is 0.430. The van der Waals surface area contributed by atoms with Crippen molar-refractivity contribution >= 4 is 17.8 Å². The number of urea groups is 1. The van der Waals surface area contributed by atoms with Gasteiger partial charge in [0.1, 0.15) is 5.54 Å². The molecule has 144 valence electrons. The zero-order chi connectivity index (χ0) is 19.9. The summed E-state index contributed by atoms with van der Waals surface area (Å²) in [7, 11) is 0. The van der Waals surface area contributed by atoms with Crippen molar-refractivity contribution in [1.29, 1.82) is 0 Å². The summed E-state index contributed by atoms with van der Waals surface area (Å²) in [5, 5.41) is 2.85. The SMILES string of the molecule is Cc1ccc(CN2C(=O)NC3(CCN(C(=O)c4ccc(C)cc4)C3)C2=O)cc1. The number of carbonyl (C=O) groups excluding carboxylic acids is 3. The molecule has 4 amide bonds. The number of likely N-dealkylation sites (tertiary alicyclic amines) is 1. The summed E-state index contributed by atoms with van der Waals surface area (Å²) in [6, 6.07) is 14.7. The zero-order valence-corrected chi connectivity index (χ0v) is 16.1. The Bertz CT molecular complexity index is 937. The molecule has 28 heavy (non-hydrogen) atoms. The van der Waals surface area contributed by atoms with Crippen LogP contribution in [0.5, 0.6) is 0 Å². The Balaban J connectivity index is 1.49. The van der Waals surface area contributed by atoms with Crippen molar-refractivity contribution in [3.05, 3.63) is 70.8 Å². The number of imide groups is 1. The Morgan fingerprint density at radius 2 is 1.61 bits per heavy atom. The molecular weight excluding hydrogens is 354 g/mol. The monoisotopic (exact) mass is 377 g/mol. The van der Waals surface area contributed by atoms with Crippen LogP contribution in [0.2, 0.25) is 0 Å². The molecule has 2 aromatic carbocycles. The van der Waals surface area contributed by atoms with Gasteiger partial charge in [-0.3, -0.25) is 14.5 Å². The lowest BCUT2D eigenvalue weighted by Gasteiger charge is -2.22. The average Bonchev–Trinajstić information content (AvgIpc) is 3.20.